The van der Waals surface area contributed by atoms with Crippen LogP contribution in [-0.2, 0) is 13.1 Å². The van der Waals surface area contributed by atoms with E-state index in [4.69, 9.17) is 24.4 Å². The predicted octanol–water partition coefficient (Wildman–Crippen LogP) is 5.81. The van der Waals surface area contributed by atoms with Crippen LogP contribution >= 0.6 is 92.3 Å². The molecule has 2 aromatic heterocycles. The predicted molar refractivity (Wildman–Crippen MR) is 103 cm³/mol. The zero-order valence-electron chi connectivity index (χ0n) is 9.85. The van der Waals surface area contributed by atoms with Gasteiger partial charge in [-0.1, -0.05) is 22.7 Å². The van der Waals surface area contributed by atoms with E-state index in [1.54, 1.807) is 22.7 Å². The molecule has 0 aromatic carbocycles. The van der Waals surface area contributed by atoms with E-state index in [-0.39, 0.29) is 0 Å². The van der Waals surface area contributed by atoms with Gasteiger partial charge in [-0.15, -0.1) is 0 Å². The van der Waals surface area contributed by atoms with Crippen LogP contribution in [0.25, 0.3) is 0 Å². The minimum atomic E-state index is 0.974. The minimum absolute atomic E-state index is 0.974. The first kappa shape index (κ1) is 17.2. The SMILES string of the molecule is CCn1cc(I)sc1=S.CCn1cc(I)sc1=S. The van der Waals surface area contributed by atoms with E-state index in [0.29, 0.717) is 0 Å². The molecule has 0 saturated heterocycles. The van der Waals surface area contributed by atoms with E-state index in [1.807, 2.05) is 0 Å². The topological polar surface area (TPSA) is 9.86 Å². The molecule has 0 spiro atoms. The number of hydrogen-bond acceptors (Lipinski definition) is 4. The zero-order valence-corrected chi connectivity index (χ0v) is 17.4. The highest BCUT2D eigenvalue weighted by atomic mass is 127. The van der Waals surface area contributed by atoms with E-state index in [9.17, 15) is 0 Å². The lowest BCUT2D eigenvalue weighted by Crippen LogP contribution is -1.88. The summed E-state index contributed by atoms with van der Waals surface area (Å²) in [6, 6.07) is 0. The summed E-state index contributed by atoms with van der Waals surface area (Å²) in [4.78, 5) is 0. The third-order valence-electron chi connectivity index (χ3n) is 2.03. The van der Waals surface area contributed by atoms with Gasteiger partial charge in [-0.2, -0.15) is 0 Å². The first-order chi connectivity index (χ1) is 8.47. The molecule has 2 heterocycles. The van der Waals surface area contributed by atoms with E-state index >= 15 is 0 Å². The van der Waals surface area contributed by atoms with Crippen LogP contribution in [0.1, 0.15) is 13.8 Å². The number of aryl methyl sites for hydroxylation is 2. The first-order valence-corrected chi connectivity index (χ1v) is 9.80. The molecule has 0 N–H and O–H groups in total. The summed E-state index contributed by atoms with van der Waals surface area (Å²) < 4.78 is 8.62. The number of halogens is 2. The van der Waals surface area contributed by atoms with Crippen molar-refractivity contribution in [2.45, 2.75) is 26.9 Å². The number of rotatable bonds is 2. The lowest BCUT2D eigenvalue weighted by Gasteiger charge is -1.90. The molecule has 0 amide bonds. The number of thiazole rings is 2. The Hall–Kier alpha value is 1.16. The third kappa shape index (κ3) is 5.27. The Morgan fingerprint density at radius 2 is 1.28 bits per heavy atom. The molecule has 0 bridgehead atoms. The molecule has 0 fully saturated rings. The van der Waals surface area contributed by atoms with E-state index in [2.05, 4.69) is 80.6 Å². The van der Waals surface area contributed by atoms with Crippen molar-refractivity contribution in [2.75, 3.05) is 0 Å². The summed E-state index contributed by atoms with van der Waals surface area (Å²) in [5, 5.41) is 0. The van der Waals surface area contributed by atoms with Gasteiger partial charge in [0.2, 0.25) is 0 Å². The molecule has 18 heavy (non-hydrogen) atoms. The van der Waals surface area contributed by atoms with Gasteiger partial charge in [-0.3, -0.25) is 0 Å². The van der Waals surface area contributed by atoms with Gasteiger partial charge < -0.3 is 9.13 Å². The normalized spacial score (nSPS) is 10.0. The van der Waals surface area contributed by atoms with Crippen LogP contribution in [0.3, 0.4) is 0 Å². The summed E-state index contributed by atoms with van der Waals surface area (Å²) in [5.74, 6) is 0. The average molecular weight is 542 g/mol. The fraction of sp³-hybridized carbons (Fsp3) is 0.400. The van der Waals surface area contributed by atoms with Crippen LogP contribution in [0.4, 0.5) is 0 Å². The van der Waals surface area contributed by atoms with Crippen molar-refractivity contribution in [3.8, 4) is 0 Å². The third-order valence-corrected chi connectivity index (χ3v) is 6.30. The second-order valence-electron chi connectivity index (χ2n) is 3.17. The van der Waals surface area contributed by atoms with Crippen molar-refractivity contribution in [3.63, 3.8) is 0 Å². The van der Waals surface area contributed by atoms with Crippen molar-refractivity contribution >= 4 is 92.3 Å². The maximum absolute atomic E-state index is 5.05. The minimum Gasteiger partial charge on any atom is -0.329 e. The molecule has 0 aliphatic heterocycles. The Morgan fingerprint density at radius 1 is 0.944 bits per heavy atom. The molecule has 0 radical (unpaired) electrons. The Kier molecular flexibility index (Phi) is 8.08. The van der Waals surface area contributed by atoms with Crippen LogP contribution in [-0.4, -0.2) is 9.13 Å². The van der Waals surface area contributed by atoms with Crippen LogP contribution in [0, 0.1) is 13.7 Å². The fourth-order valence-electron chi connectivity index (χ4n) is 1.13. The van der Waals surface area contributed by atoms with Crippen molar-refractivity contribution in [2.24, 2.45) is 0 Å². The van der Waals surface area contributed by atoms with Gasteiger partial charge in [0.05, 0.1) is 5.77 Å². The highest BCUT2D eigenvalue weighted by molar-refractivity contribution is 14.1. The van der Waals surface area contributed by atoms with E-state index in [0.717, 1.165) is 21.0 Å². The second kappa shape index (κ2) is 8.45. The maximum Gasteiger partial charge on any atom is 0.162 e. The van der Waals surface area contributed by atoms with Crippen molar-refractivity contribution in [1.29, 1.82) is 0 Å². The van der Waals surface area contributed by atoms with Gasteiger partial charge in [-0.25, -0.2) is 0 Å². The molecule has 2 aromatic rings. The summed E-state index contributed by atoms with van der Waals surface area (Å²) in [6.45, 7) is 6.16. The molecular formula is C10H12I2N2S4. The van der Waals surface area contributed by atoms with Gasteiger partial charge in [0.25, 0.3) is 0 Å². The largest absolute Gasteiger partial charge is 0.329 e. The Morgan fingerprint density at radius 3 is 1.39 bits per heavy atom. The maximum atomic E-state index is 5.05. The molecule has 0 unspecified atom stereocenters. The van der Waals surface area contributed by atoms with Crippen LogP contribution in [0.2, 0.25) is 0 Å². The smallest absolute Gasteiger partial charge is 0.162 e. The Balaban J connectivity index is 0.000000180. The summed E-state index contributed by atoms with van der Waals surface area (Å²) in [6.07, 6.45) is 4.15. The molecule has 0 atom stereocenters. The van der Waals surface area contributed by atoms with Gasteiger partial charge in [0, 0.05) is 25.5 Å². The summed E-state index contributed by atoms with van der Waals surface area (Å²) in [7, 11) is 0. The molecule has 100 valence electrons. The monoisotopic (exact) mass is 542 g/mol. The van der Waals surface area contributed by atoms with Gasteiger partial charge in [0.1, 0.15) is 0 Å². The van der Waals surface area contributed by atoms with Crippen molar-refractivity contribution in [1.82, 2.24) is 9.13 Å². The standard InChI is InChI=1S/2C5H6INS2/c2*1-2-7-3-4(6)9-5(7)8/h2*3H,2H2,1H3. The molecule has 8 heteroatoms. The van der Waals surface area contributed by atoms with Gasteiger partial charge in [-0.05, 0) is 83.5 Å². The Bertz CT molecular complexity index is 554. The van der Waals surface area contributed by atoms with Crippen molar-refractivity contribution in [3.05, 3.63) is 26.1 Å². The van der Waals surface area contributed by atoms with E-state index in [1.165, 1.54) is 5.77 Å². The first-order valence-electron chi connectivity index (χ1n) is 5.19. The summed E-state index contributed by atoms with van der Waals surface area (Å²) >= 11 is 18.0. The number of aromatic nitrogens is 2. The van der Waals surface area contributed by atoms with Gasteiger partial charge >= 0.3 is 0 Å². The quantitative estimate of drug-likeness (QED) is 0.351. The molecule has 0 aliphatic carbocycles. The molecule has 0 saturated carbocycles. The summed E-state index contributed by atoms with van der Waals surface area (Å²) in [5.41, 5.74) is 0. The number of nitrogens with zero attached hydrogens (tertiary/aromatic N) is 2. The van der Waals surface area contributed by atoms with Crippen LogP contribution in [0.5, 0.6) is 0 Å². The van der Waals surface area contributed by atoms with Crippen LogP contribution < -0.4 is 0 Å². The fourth-order valence-corrected chi connectivity index (χ4v) is 6.14. The Labute approximate surface area is 152 Å². The highest BCUT2D eigenvalue weighted by Crippen LogP contribution is 2.14. The van der Waals surface area contributed by atoms with Gasteiger partial charge in [0.15, 0.2) is 7.91 Å². The molecule has 0 aliphatic rings. The molecule has 2 nitrogen and oxygen atoms in total. The molecule has 2 rings (SSSR count). The number of hydrogen-bond donors (Lipinski definition) is 0. The van der Waals surface area contributed by atoms with E-state index < -0.39 is 0 Å². The lowest BCUT2D eigenvalue weighted by molar-refractivity contribution is 0.762. The highest BCUT2D eigenvalue weighted by Gasteiger charge is 1.93. The van der Waals surface area contributed by atoms with Crippen LogP contribution in [0.15, 0.2) is 12.4 Å². The molecular weight excluding hydrogens is 530 g/mol. The zero-order chi connectivity index (χ0) is 13.7. The second-order valence-corrected chi connectivity index (χ2v) is 10.3. The van der Waals surface area contributed by atoms with Crippen molar-refractivity contribution < 1.29 is 0 Å². The lowest BCUT2D eigenvalue weighted by atomic mass is 10.7. The average Bonchev–Trinajstić information content (AvgIpc) is 2.81.